The maximum absolute atomic E-state index is 11.4. The number of hydrogen-bond donors (Lipinski definition) is 1. The first-order valence-corrected chi connectivity index (χ1v) is 7.26. The van der Waals surface area contributed by atoms with Gasteiger partial charge in [-0.15, -0.1) is 0 Å². The fraction of sp³-hybridized carbons (Fsp3) is 0.250. The molecule has 1 N–H and O–H groups in total. The molecule has 0 atom stereocenters. The van der Waals surface area contributed by atoms with Crippen LogP contribution in [0.3, 0.4) is 0 Å². The molecule has 2 rings (SSSR count). The van der Waals surface area contributed by atoms with E-state index in [0.29, 0.717) is 11.8 Å². The summed E-state index contributed by atoms with van der Waals surface area (Å²) in [4.78, 5) is 4.47. The monoisotopic (exact) mass is 266 g/mol. The Hall–Kier alpha value is -1.82. The fourth-order valence-electron chi connectivity index (χ4n) is 1.62. The van der Waals surface area contributed by atoms with Gasteiger partial charge >= 0.3 is 0 Å². The van der Waals surface area contributed by atoms with Gasteiger partial charge in [0.1, 0.15) is 0 Å². The van der Waals surface area contributed by atoms with E-state index in [4.69, 9.17) is 4.42 Å². The van der Waals surface area contributed by atoms with E-state index < -0.39 is 9.84 Å². The van der Waals surface area contributed by atoms with Crippen molar-refractivity contribution in [2.24, 2.45) is 0 Å². The Balaban J connectivity index is 2.43. The summed E-state index contributed by atoms with van der Waals surface area (Å²) in [5.74, 6) is 0.638. The molecule has 0 saturated heterocycles. The lowest BCUT2D eigenvalue weighted by Gasteiger charge is -2.00. The molecule has 2 aromatic rings. The van der Waals surface area contributed by atoms with Crippen LogP contribution in [-0.4, -0.2) is 26.7 Å². The second-order valence-corrected chi connectivity index (χ2v) is 6.00. The number of rotatable bonds is 3. The molecule has 96 valence electrons. The van der Waals surface area contributed by atoms with Gasteiger partial charge in [-0.05, 0) is 31.2 Å². The van der Waals surface area contributed by atoms with Crippen molar-refractivity contribution >= 4 is 15.9 Å². The molecule has 0 saturated carbocycles. The van der Waals surface area contributed by atoms with E-state index in [0.717, 1.165) is 11.3 Å². The molecular formula is C12H14N2O3S. The molecule has 0 aliphatic carbocycles. The van der Waals surface area contributed by atoms with Crippen LogP contribution in [0.2, 0.25) is 0 Å². The normalized spacial score (nSPS) is 11.5. The van der Waals surface area contributed by atoms with Gasteiger partial charge < -0.3 is 9.73 Å². The van der Waals surface area contributed by atoms with Crippen molar-refractivity contribution < 1.29 is 12.8 Å². The van der Waals surface area contributed by atoms with Gasteiger partial charge in [-0.25, -0.2) is 8.42 Å². The first-order valence-electron chi connectivity index (χ1n) is 5.37. The van der Waals surface area contributed by atoms with Gasteiger partial charge in [-0.1, -0.05) is 0 Å². The third kappa shape index (κ3) is 2.38. The number of sulfone groups is 1. The predicted octanol–water partition coefficient (Wildman–Crippen LogP) is 2.10. The van der Waals surface area contributed by atoms with Crippen molar-refractivity contribution in [1.82, 2.24) is 4.98 Å². The van der Waals surface area contributed by atoms with Gasteiger partial charge in [0.25, 0.3) is 6.01 Å². The van der Waals surface area contributed by atoms with E-state index in [9.17, 15) is 8.42 Å². The standard InChI is InChI=1S/C12H14N2O3S/c1-8-11(17-12(13-2)14-8)9-4-6-10(7-5-9)18(3,15)16/h4-7H,1-3H3,(H,13,14). The number of anilines is 1. The summed E-state index contributed by atoms with van der Waals surface area (Å²) in [7, 11) is -1.45. The number of benzene rings is 1. The van der Waals surface area contributed by atoms with Crippen LogP contribution in [0.5, 0.6) is 0 Å². The maximum Gasteiger partial charge on any atom is 0.295 e. The molecule has 0 aliphatic heterocycles. The molecule has 6 heteroatoms. The molecule has 0 amide bonds. The molecule has 0 radical (unpaired) electrons. The SMILES string of the molecule is CNc1nc(C)c(-c2ccc(S(C)(=O)=O)cc2)o1. The Morgan fingerprint density at radius 1 is 1.22 bits per heavy atom. The molecular weight excluding hydrogens is 252 g/mol. The van der Waals surface area contributed by atoms with Crippen LogP contribution >= 0.6 is 0 Å². The second kappa shape index (κ2) is 4.45. The van der Waals surface area contributed by atoms with Crippen molar-refractivity contribution in [2.45, 2.75) is 11.8 Å². The van der Waals surface area contributed by atoms with Crippen LogP contribution in [0.25, 0.3) is 11.3 Å². The molecule has 0 bridgehead atoms. The van der Waals surface area contributed by atoms with Gasteiger partial charge in [0.05, 0.1) is 10.6 Å². The Labute approximate surface area is 106 Å². The van der Waals surface area contributed by atoms with Crippen LogP contribution in [0.4, 0.5) is 6.01 Å². The number of aromatic nitrogens is 1. The van der Waals surface area contributed by atoms with Crippen molar-refractivity contribution in [3.05, 3.63) is 30.0 Å². The van der Waals surface area contributed by atoms with E-state index >= 15 is 0 Å². The van der Waals surface area contributed by atoms with Crippen LogP contribution < -0.4 is 5.32 Å². The molecule has 0 aliphatic rings. The van der Waals surface area contributed by atoms with E-state index in [-0.39, 0.29) is 4.90 Å². The average Bonchev–Trinajstić information content (AvgIpc) is 2.70. The molecule has 0 unspecified atom stereocenters. The van der Waals surface area contributed by atoms with Gasteiger partial charge in [0.2, 0.25) is 0 Å². The van der Waals surface area contributed by atoms with Crippen LogP contribution in [-0.2, 0) is 9.84 Å². The zero-order valence-electron chi connectivity index (χ0n) is 10.4. The highest BCUT2D eigenvalue weighted by atomic mass is 32.2. The van der Waals surface area contributed by atoms with E-state index in [1.54, 1.807) is 31.3 Å². The fourth-order valence-corrected chi connectivity index (χ4v) is 2.26. The number of nitrogens with zero attached hydrogens (tertiary/aromatic N) is 1. The number of aryl methyl sites for hydroxylation is 1. The quantitative estimate of drug-likeness (QED) is 0.921. The summed E-state index contributed by atoms with van der Waals surface area (Å²) >= 11 is 0. The molecule has 1 aromatic carbocycles. The first-order chi connectivity index (χ1) is 8.41. The van der Waals surface area contributed by atoms with Crippen LogP contribution in [0.15, 0.2) is 33.6 Å². The molecule has 0 fully saturated rings. The van der Waals surface area contributed by atoms with E-state index in [1.165, 1.54) is 6.26 Å². The topological polar surface area (TPSA) is 72.2 Å². The summed E-state index contributed by atoms with van der Waals surface area (Å²) in [5.41, 5.74) is 1.56. The molecule has 1 heterocycles. The summed E-state index contributed by atoms with van der Waals surface area (Å²) < 4.78 is 28.2. The van der Waals surface area contributed by atoms with Crippen molar-refractivity contribution in [2.75, 3.05) is 18.6 Å². The zero-order valence-corrected chi connectivity index (χ0v) is 11.2. The zero-order chi connectivity index (χ0) is 13.3. The van der Waals surface area contributed by atoms with E-state index in [1.807, 2.05) is 6.92 Å². The minimum absolute atomic E-state index is 0.289. The van der Waals surface area contributed by atoms with Crippen molar-refractivity contribution in [3.63, 3.8) is 0 Å². The number of hydrogen-bond acceptors (Lipinski definition) is 5. The first kappa shape index (κ1) is 12.6. The lowest BCUT2D eigenvalue weighted by molar-refractivity contribution is 0.588. The summed E-state index contributed by atoms with van der Waals surface area (Å²) in [6.45, 7) is 1.84. The highest BCUT2D eigenvalue weighted by molar-refractivity contribution is 7.90. The van der Waals surface area contributed by atoms with Gasteiger partial charge in [-0.2, -0.15) is 4.98 Å². The largest absolute Gasteiger partial charge is 0.423 e. The molecule has 18 heavy (non-hydrogen) atoms. The maximum atomic E-state index is 11.4. The highest BCUT2D eigenvalue weighted by Crippen LogP contribution is 2.27. The number of oxazole rings is 1. The Bertz CT molecular complexity index is 657. The van der Waals surface area contributed by atoms with Crippen LogP contribution in [0.1, 0.15) is 5.69 Å². The lowest BCUT2D eigenvalue weighted by Crippen LogP contribution is -1.96. The summed E-state index contributed by atoms with van der Waals surface area (Å²) in [5, 5.41) is 2.82. The van der Waals surface area contributed by atoms with Gasteiger partial charge in [0, 0.05) is 18.9 Å². The summed E-state index contributed by atoms with van der Waals surface area (Å²) in [6, 6.07) is 6.99. The predicted molar refractivity (Wildman–Crippen MR) is 69.3 cm³/mol. The average molecular weight is 266 g/mol. The molecule has 5 nitrogen and oxygen atoms in total. The van der Waals surface area contributed by atoms with Gasteiger partial charge in [-0.3, -0.25) is 0 Å². The molecule has 0 spiro atoms. The van der Waals surface area contributed by atoms with E-state index in [2.05, 4.69) is 10.3 Å². The van der Waals surface area contributed by atoms with Crippen molar-refractivity contribution in [1.29, 1.82) is 0 Å². The van der Waals surface area contributed by atoms with Crippen molar-refractivity contribution in [3.8, 4) is 11.3 Å². The number of nitrogens with one attached hydrogen (secondary N) is 1. The Morgan fingerprint density at radius 2 is 1.83 bits per heavy atom. The third-order valence-electron chi connectivity index (χ3n) is 2.56. The second-order valence-electron chi connectivity index (χ2n) is 3.98. The minimum atomic E-state index is -3.17. The summed E-state index contributed by atoms with van der Waals surface area (Å²) in [6.07, 6.45) is 1.18. The Kier molecular flexibility index (Phi) is 3.13. The van der Waals surface area contributed by atoms with Crippen LogP contribution in [0, 0.1) is 6.92 Å². The smallest absolute Gasteiger partial charge is 0.295 e. The minimum Gasteiger partial charge on any atom is -0.423 e. The lowest BCUT2D eigenvalue weighted by atomic mass is 10.1. The van der Waals surface area contributed by atoms with Gasteiger partial charge in [0.15, 0.2) is 15.6 Å². The Morgan fingerprint density at radius 3 is 2.28 bits per heavy atom. The third-order valence-corrected chi connectivity index (χ3v) is 3.68. The highest BCUT2D eigenvalue weighted by Gasteiger charge is 2.12. The molecule has 1 aromatic heterocycles.